The van der Waals surface area contributed by atoms with Crippen molar-refractivity contribution in [2.45, 2.75) is 26.9 Å². The van der Waals surface area contributed by atoms with Crippen molar-refractivity contribution in [3.05, 3.63) is 11.5 Å². The number of hydrogen-bond donors (Lipinski definition) is 2. The number of allylic oxidation sites excluding steroid dienone is 1. The smallest absolute Gasteiger partial charge is 0.373 e. The Morgan fingerprint density at radius 2 is 2.00 bits per heavy atom. The minimum absolute atomic E-state index is 0.0208. The van der Waals surface area contributed by atoms with Crippen LogP contribution in [0.5, 0.6) is 0 Å². The molecule has 0 atom stereocenters. The summed E-state index contributed by atoms with van der Waals surface area (Å²) < 4.78 is 5.08. The van der Waals surface area contributed by atoms with E-state index in [1.807, 2.05) is 0 Å². The summed E-state index contributed by atoms with van der Waals surface area (Å²) in [7, 11) is 1.65. The van der Waals surface area contributed by atoms with Crippen molar-refractivity contribution in [2.24, 2.45) is 0 Å². The fourth-order valence-electron chi connectivity index (χ4n) is 0.648. The van der Waals surface area contributed by atoms with Crippen molar-refractivity contribution in [1.29, 1.82) is 0 Å². The molecule has 0 amide bonds. The van der Waals surface area contributed by atoms with Crippen LogP contribution in [0.15, 0.2) is 11.5 Å². The third-order valence-electron chi connectivity index (χ3n) is 1.26. The van der Waals surface area contributed by atoms with Gasteiger partial charge in [-0.2, -0.15) is 0 Å². The summed E-state index contributed by atoms with van der Waals surface area (Å²) >= 11 is 0. The van der Waals surface area contributed by atoms with Crippen LogP contribution < -0.4 is 5.32 Å². The van der Waals surface area contributed by atoms with Gasteiger partial charge < -0.3 is 15.2 Å². The Morgan fingerprint density at radius 3 is 2.25 bits per heavy atom. The third-order valence-corrected chi connectivity index (χ3v) is 1.26. The zero-order chi connectivity index (χ0) is 9.72. The highest BCUT2D eigenvalue weighted by Gasteiger charge is 2.13. The summed E-state index contributed by atoms with van der Waals surface area (Å²) in [6.45, 7) is 5.23. The van der Waals surface area contributed by atoms with Gasteiger partial charge in [-0.1, -0.05) is 0 Å². The number of ether oxygens (including phenoxy) is 1. The molecule has 0 saturated heterocycles. The van der Waals surface area contributed by atoms with Gasteiger partial charge >= 0.3 is 5.97 Å². The van der Waals surface area contributed by atoms with Crippen LogP contribution in [0, 0.1) is 0 Å². The van der Waals surface area contributed by atoms with Crippen molar-refractivity contribution in [1.82, 2.24) is 5.32 Å². The molecule has 0 aliphatic heterocycles. The molecule has 0 saturated carbocycles. The molecular formula is C8H15NO3. The van der Waals surface area contributed by atoms with Gasteiger partial charge in [0.25, 0.3) is 0 Å². The minimum atomic E-state index is -1.05. The monoisotopic (exact) mass is 173 g/mol. The molecule has 0 aromatic carbocycles. The average Bonchev–Trinajstić information content (AvgIpc) is 1.98. The Hall–Kier alpha value is -1.19. The number of carboxylic acids is 1. The van der Waals surface area contributed by atoms with Crippen molar-refractivity contribution >= 4 is 5.97 Å². The van der Waals surface area contributed by atoms with Gasteiger partial charge in [0, 0.05) is 7.05 Å². The molecule has 0 radical (unpaired) electrons. The Kier molecular flexibility index (Phi) is 4.18. The maximum atomic E-state index is 10.6. The Labute approximate surface area is 72.2 Å². The number of aliphatic carboxylic acids is 1. The largest absolute Gasteiger partial charge is 0.483 e. The lowest BCUT2D eigenvalue weighted by molar-refractivity contribution is -0.137. The molecular weight excluding hydrogens is 158 g/mol. The maximum absolute atomic E-state index is 10.6. The van der Waals surface area contributed by atoms with Gasteiger partial charge in [-0.15, -0.1) is 0 Å². The van der Waals surface area contributed by atoms with E-state index in [1.165, 1.54) is 0 Å². The third kappa shape index (κ3) is 3.27. The van der Waals surface area contributed by atoms with Crippen molar-refractivity contribution in [2.75, 3.05) is 7.05 Å². The van der Waals surface area contributed by atoms with Gasteiger partial charge in [0.15, 0.2) is 0 Å². The summed E-state index contributed by atoms with van der Waals surface area (Å²) in [6.07, 6.45) is -0.126. The molecule has 2 N–H and O–H groups in total. The SMILES string of the molecule is CN/C(C)=C(\OC(C)C)C(=O)O. The van der Waals surface area contributed by atoms with Crippen LogP contribution in [0.1, 0.15) is 20.8 Å². The van der Waals surface area contributed by atoms with Gasteiger partial charge in [-0.05, 0) is 20.8 Å². The normalized spacial score (nSPS) is 12.4. The summed E-state index contributed by atoms with van der Waals surface area (Å²) in [5, 5.41) is 11.4. The van der Waals surface area contributed by atoms with E-state index in [0.29, 0.717) is 5.70 Å². The van der Waals surface area contributed by atoms with Gasteiger partial charge in [-0.3, -0.25) is 0 Å². The first-order valence-corrected chi connectivity index (χ1v) is 3.77. The van der Waals surface area contributed by atoms with Crippen LogP contribution >= 0.6 is 0 Å². The second kappa shape index (κ2) is 4.64. The van der Waals surface area contributed by atoms with E-state index in [2.05, 4.69) is 5.32 Å². The molecule has 0 aromatic heterocycles. The molecule has 0 aliphatic rings. The average molecular weight is 173 g/mol. The minimum Gasteiger partial charge on any atom is -0.483 e. The van der Waals surface area contributed by atoms with Crippen LogP contribution in [-0.4, -0.2) is 24.2 Å². The van der Waals surface area contributed by atoms with Crippen molar-refractivity contribution in [3.63, 3.8) is 0 Å². The van der Waals surface area contributed by atoms with Gasteiger partial charge in [0.1, 0.15) is 0 Å². The number of rotatable bonds is 4. The number of nitrogens with one attached hydrogen (secondary N) is 1. The van der Waals surface area contributed by atoms with E-state index in [0.717, 1.165) is 0 Å². The lowest BCUT2D eigenvalue weighted by atomic mass is 10.3. The first kappa shape index (κ1) is 10.8. The molecule has 0 heterocycles. The number of carboxylic acid groups (broad SMARTS) is 1. The first-order chi connectivity index (χ1) is 5.49. The van der Waals surface area contributed by atoms with Gasteiger partial charge in [-0.25, -0.2) is 4.79 Å². The maximum Gasteiger partial charge on any atom is 0.373 e. The predicted molar refractivity (Wildman–Crippen MR) is 45.6 cm³/mol. The molecule has 0 rings (SSSR count). The van der Waals surface area contributed by atoms with Gasteiger partial charge in [0.05, 0.1) is 11.8 Å². The van der Waals surface area contributed by atoms with E-state index >= 15 is 0 Å². The fraction of sp³-hybridized carbons (Fsp3) is 0.625. The van der Waals surface area contributed by atoms with Crippen molar-refractivity contribution in [3.8, 4) is 0 Å². The molecule has 70 valence electrons. The lowest BCUT2D eigenvalue weighted by Crippen LogP contribution is -2.17. The Morgan fingerprint density at radius 1 is 1.50 bits per heavy atom. The topological polar surface area (TPSA) is 58.6 Å². The van der Waals surface area contributed by atoms with Crippen LogP contribution in [0.4, 0.5) is 0 Å². The van der Waals surface area contributed by atoms with Crippen LogP contribution in [0.2, 0.25) is 0 Å². The Balaban J connectivity index is 4.55. The second-order valence-corrected chi connectivity index (χ2v) is 2.68. The van der Waals surface area contributed by atoms with E-state index < -0.39 is 5.97 Å². The van der Waals surface area contributed by atoms with E-state index in [9.17, 15) is 4.79 Å². The van der Waals surface area contributed by atoms with Crippen LogP contribution in [0.25, 0.3) is 0 Å². The van der Waals surface area contributed by atoms with E-state index in [1.54, 1.807) is 27.8 Å². The zero-order valence-corrected chi connectivity index (χ0v) is 7.84. The molecule has 0 spiro atoms. The molecule has 0 aromatic rings. The van der Waals surface area contributed by atoms with E-state index in [4.69, 9.17) is 9.84 Å². The summed E-state index contributed by atoms with van der Waals surface area (Å²) in [4.78, 5) is 10.6. The van der Waals surface area contributed by atoms with Crippen LogP contribution in [-0.2, 0) is 9.53 Å². The zero-order valence-electron chi connectivity index (χ0n) is 7.84. The molecule has 0 unspecified atom stereocenters. The lowest BCUT2D eigenvalue weighted by Gasteiger charge is -2.12. The van der Waals surface area contributed by atoms with E-state index in [-0.39, 0.29) is 11.9 Å². The molecule has 0 bridgehead atoms. The summed E-state index contributed by atoms with van der Waals surface area (Å²) in [6, 6.07) is 0. The van der Waals surface area contributed by atoms with Gasteiger partial charge in [0.2, 0.25) is 5.76 Å². The molecule has 4 nitrogen and oxygen atoms in total. The van der Waals surface area contributed by atoms with Crippen LogP contribution in [0.3, 0.4) is 0 Å². The molecule has 4 heteroatoms. The molecule has 0 aliphatic carbocycles. The second-order valence-electron chi connectivity index (χ2n) is 2.68. The summed E-state index contributed by atoms with van der Waals surface area (Å²) in [5.74, 6) is -1.07. The van der Waals surface area contributed by atoms with Crippen molar-refractivity contribution < 1.29 is 14.6 Å². The number of hydrogen-bond acceptors (Lipinski definition) is 3. The standard InChI is InChI=1S/C8H15NO3/c1-5(2)12-7(8(10)11)6(3)9-4/h5,9H,1-4H3,(H,10,11)/b7-6-. The summed E-state index contributed by atoms with van der Waals surface area (Å²) in [5.41, 5.74) is 0.524. The molecule has 12 heavy (non-hydrogen) atoms. The highest BCUT2D eigenvalue weighted by atomic mass is 16.5. The molecule has 0 fully saturated rings. The fourth-order valence-corrected chi connectivity index (χ4v) is 0.648. The highest BCUT2D eigenvalue weighted by Crippen LogP contribution is 2.06. The predicted octanol–water partition coefficient (Wildman–Crippen LogP) is 0.947. The Bertz CT molecular complexity index is 196. The highest BCUT2D eigenvalue weighted by molar-refractivity contribution is 5.85. The quantitative estimate of drug-likeness (QED) is 0.491. The first-order valence-electron chi connectivity index (χ1n) is 3.77. The number of carbonyl (C=O) groups is 1.